The van der Waals surface area contributed by atoms with E-state index in [-0.39, 0.29) is 0 Å². The second-order valence-electron chi connectivity index (χ2n) is 10.8. The molecular weight excluding hydrogens is 400 g/mol. The number of hydrogen-bond donors (Lipinski definition) is 1. The van der Waals surface area contributed by atoms with Crippen LogP contribution in [0.5, 0.6) is 0 Å². The molecule has 2 aliphatic carbocycles. The molecule has 2 aromatic rings. The Hall–Kier alpha value is -2.58. The van der Waals surface area contributed by atoms with Crippen molar-refractivity contribution in [1.82, 2.24) is 10.2 Å². The van der Waals surface area contributed by atoms with E-state index in [2.05, 4.69) is 77.1 Å². The zero-order valence-corrected chi connectivity index (χ0v) is 19.5. The van der Waals surface area contributed by atoms with E-state index in [0.29, 0.717) is 5.92 Å². The second kappa shape index (κ2) is 8.02. The number of benzene rings is 2. The lowest BCUT2D eigenvalue weighted by Crippen LogP contribution is -2.51. The third-order valence-electron chi connectivity index (χ3n) is 9.35. The van der Waals surface area contributed by atoms with Crippen molar-refractivity contribution < 1.29 is 0 Å². The highest BCUT2D eigenvalue weighted by atomic mass is 15.1. The van der Waals surface area contributed by atoms with Gasteiger partial charge in [-0.15, -0.1) is 0 Å². The van der Waals surface area contributed by atoms with E-state index >= 15 is 0 Å². The fourth-order valence-electron chi connectivity index (χ4n) is 7.82. The molecule has 33 heavy (non-hydrogen) atoms. The molecule has 2 heteroatoms. The second-order valence-corrected chi connectivity index (χ2v) is 10.8. The van der Waals surface area contributed by atoms with Gasteiger partial charge in [-0.3, -0.25) is 0 Å². The Morgan fingerprint density at radius 1 is 0.758 bits per heavy atom. The Balaban J connectivity index is 1.34. The van der Waals surface area contributed by atoms with Gasteiger partial charge in [0.2, 0.25) is 0 Å². The molecule has 8 rings (SSSR count). The number of nitrogens with one attached hydrogen (secondary N) is 1. The minimum Gasteiger partial charge on any atom is -0.364 e. The van der Waals surface area contributed by atoms with Crippen LogP contribution >= 0.6 is 0 Å². The van der Waals surface area contributed by atoms with Gasteiger partial charge in [0, 0.05) is 24.4 Å². The lowest BCUT2D eigenvalue weighted by Gasteiger charge is -2.51. The summed E-state index contributed by atoms with van der Waals surface area (Å²) in [7, 11) is 0. The zero-order valence-electron chi connectivity index (χ0n) is 19.5. The third-order valence-corrected chi connectivity index (χ3v) is 9.35. The molecule has 0 unspecified atom stereocenters. The van der Waals surface area contributed by atoms with Gasteiger partial charge in [0.1, 0.15) is 0 Å². The minimum absolute atomic E-state index is 0.481. The van der Waals surface area contributed by atoms with Gasteiger partial charge < -0.3 is 10.2 Å². The number of aryl methyl sites for hydroxylation is 1. The number of piperidine rings is 3. The van der Waals surface area contributed by atoms with E-state index in [1.807, 2.05) is 0 Å². The van der Waals surface area contributed by atoms with Gasteiger partial charge in [-0.25, -0.2) is 0 Å². The molecular formula is C31H34N2. The summed E-state index contributed by atoms with van der Waals surface area (Å²) in [5, 5.41) is 3.71. The monoisotopic (exact) mass is 434 g/mol. The molecule has 0 amide bonds. The number of nitrogens with zero attached hydrogens (tertiary/aromatic N) is 1. The predicted molar refractivity (Wildman–Crippen MR) is 136 cm³/mol. The maximum atomic E-state index is 3.71. The van der Waals surface area contributed by atoms with Crippen LogP contribution in [0.25, 0.3) is 11.1 Å². The molecule has 3 atom stereocenters. The SMILES string of the molecule is C1=CC=C([C@H]2c3ccc4c(c3CC[C@@H]2[C@@H]2CN3CCC2CC3)CCc2ccccc2-4)NC=C1. The molecule has 2 aromatic carbocycles. The number of allylic oxidation sites excluding steroid dienone is 5. The van der Waals surface area contributed by atoms with Crippen LogP contribution in [0.3, 0.4) is 0 Å². The standard InChI is InChI=1S/C31H34N2/c1-2-8-30(32-17-5-1)31-27-13-11-24-23-7-4-3-6-21(23)9-10-25(24)26(27)12-14-28(31)29-20-33-18-15-22(29)16-19-33/h1-8,11,13,17,22,28-29,31-32H,9-10,12,14-16,18-20H2/t28-,29-,31+/m1/s1. The molecule has 0 spiro atoms. The molecule has 3 fully saturated rings. The van der Waals surface area contributed by atoms with Crippen LogP contribution in [-0.2, 0) is 19.3 Å². The van der Waals surface area contributed by atoms with E-state index in [9.17, 15) is 0 Å². The van der Waals surface area contributed by atoms with Crippen molar-refractivity contribution in [3.05, 3.63) is 94.9 Å². The average Bonchev–Trinajstić information content (AvgIpc) is 3.17. The highest BCUT2D eigenvalue weighted by Gasteiger charge is 2.45. The molecule has 3 saturated heterocycles. The molecule has 4 aliphatic heterocycles. The van der Waals surface area contributed by atoms with Crippen molar-refractivity contribution >= 4 is 0 Å². The first-order valence-corrected chi connectivity index (χ1v) is 13.1. The van der Waals surface area contributed by atoms with Gasteiger partial charge in [0.15, 0.2) is 0 Å². The quantitative estimate of drug-likeness (QED) is 0.624. The molecule has 168 valence electrons. The maximum absolute atomic E-state index is 3.71. The first-order chi connectivity index (χ1) is 16.4. The largest absolute Gasteiger partial charge is 0.364 e. The number of fused-ring (bicyclic) bond motifs is 8. The summed E-state index contributed by atoms with van der Waals surface area (Å²) in [5.41, 5.74) is 10.8. The maximum Gasteiger partial charge on any atom is 0.0275 e. The lowest BCUT2D eigenvalue weighted by atomic mass is 9.61. The van der Waals surface area contributed by atoms with Gasteiger partial charge in [-0.1, -0.05) is 48.6 Å². The topological polar surface area (TPSA) is 15.3 Å². The zero-order chi connectivity index (χ0) is 21.8. The van der Waals surface area contributed by atoms with Crippen LogP contribution in [0.1, 0.15) is 47.4 Å². The van der Waals surface area contributed by atoms with E-state index in [4.69, 9.17) is 0 Å². The normalized spacial score (nSPS) is 31.6. The van der Waals surface area contributed by atoms with E-state index < -0.39 is 0 Å². The van der Waals surface area contributed by atoms with Crippen molar-refractivity contribution in [2.75, 3.05) is 19.6 Å². The third kappa shape index (κ3) is 3.26. The van der Waals surface area contributed by atoms with Crippen molar-refractivity contribution in [1.29, 1.82) is 0 Å². The number of rotatable bonds is 2. The fraction of sp³-hybridized carbons (Fsp3) is 0.419. The van der Waals surface area contributed by atoms with Crippen LogP contribution in [0.15, 0.2) is 72.6 Å². The first-order valence-electron chi connectivity index (χ1n) is 13.1. The Kier molecular flexibility index (Phi) is 4.83. The number of hydrogen-bond acceptors (Lipinski definition) is 2. The average molecular weight is 435 g/mol. The van der Waals surface area contributed by atoms with Gasteiger partial charge in [0.25, 0.3) is 0 Å². The van der Waals surface area contributed by atoms with Gasteiger partial charge in [-0.2, -0.15) is 0 Å². The summed E-state index contributed by atoms with van der Waals surface area (Å²) in [6, 6.07) is 14.0. The molecule has 6 aliphatic rings. The lowest BCUT2D eigenvalue weighted by molar-refractivity contribution is 0.0102. The Morgan fingerprint density at radius 3 is 2.55 bits per heavy atom. The Morgan fingerprint density at radius 2 is 1.67 bits per heavy atom. The van der Waals surface area contributed by atoms with Gasteiger partial charge in [-0.05, 0) is 115 Å². The van der Waals surface area contributed by atoms with Crippen LogP contribution < -0.4 is 5.32 Å². The van der Waals surface area contributed by atoms with Crippen molar-refractivity contribution in [2.45, 2.75) is 44.4 Å². The van der Waals surface area contributed by atoms with Crippen LogP contribution in [0.2, 0.25) is 0 Å². The van der Waals surface area contributed by atoms with E-state index in [0.717, 1.165) is 17.8 Å². The molecule has 4 heterocycles. The molecule has 0 saturated carbocycles. The van der Waals surface area contributed by atoms with Gasteiger partial charge in [0.05, 0.1) is 0 Å². The van der Waals surface area contributed by atoms with E-state index in [1.54, 1.807) is 16.7 Å². The summed E-state index contributed by atoms with van der Waals surface area (Å²) in [5.74, 6) is 2.97. The van der Waals surface area contributed by atoms with Crippen molar-refractivity contribution in [3.8, 4) is 11.1 Å². The summed E-state index contributed by atoms with van der Waals surface area (Å²) >= 11 is 0. The van der Waals surface area contributed by atoms with E-state index in [1.165, 1.54) is 80.5 Å². The smallest absolute Gasteiger partial charge is 0.0275 e. The Bertz CT molecular complexity index is 1160. The summed E-state index contributed by atoms with van der Waals surface area (Å²) in [4.78, 5) is 2.75. The molecule has 2 nitrogen and oxygen atoms in total. The van der Waals surface area contributed by atoms with Crippen LogP contribution in [0, 0.1) is 17.8 Å². The summed E-state index contributed by atoms with van der Waals surface area (Å²) < 4.78 is 0. The summed E-state index contributed by atoms with van der Waals surface area (Å²) in [6.45, 7) is 3.97. The molecule has 1 N–H and O–H groups in total. The molecule has 0 radical (unpaired) electrons. The van der Waals surface area contributed by atoms with Crippen molar-refractivity contribution in [3.63, 3.8) is 0 Å². The van der Waals surface area contributed by atoms with Crippen LogP contribution in [0.4, 0.5) is 0 Å². The fourth-order valence-corrected chi connectivity index (χ4v) is 7.82. The van der Waals surface area contributed by atoms with Gasteiger partial charge >= 0.3 is 0 Å². The highest BCUT2D eigenvalue weighted by molar-refractivity contribution is 5.75. The Labute approximate surface area is 198 Å². The molecule has 2 bridgehead atoms. The van der Waals surface area contributed by atoms with Crippen LogP contribution in [-0.4, -0.2) is 24.5 Å². The highest BCUT2D eigenvalue weighted by Crippen LogP contribution is 2.51. The van der Waals surface area contributed by atoms with Crippen molar-refractivity contribution in [2.24, 2.45) is 17.8 Å². The molecule has 0 aromatic heterocycles. The first kappa shape index (κ1) is 19.9. The minimum atomic E-state index is 0.481. The predicted octanol–water partition coefficient (Wildman–Crippen LogP) is 6.00. The summed E-state index contributed by atoms with van der Waals surface area (Å²) in [6.07, 6.45) is 18.8.